The van der Waals surface area contributed by atoms with Gasteiger partial charge in [0.25, 0.3) is 0 Å². The average molecular weight is 389 g/mol. The van der Waals surface area contributed by atoms with Crippen LogP contribution in [0.5, 0.6) is 0 Å². The minimum atomic E-state index is -0.397. The molecule has 0 aliphatic rings. The van der Waals surface area contributed by atoms with Crippen molar-refractivity contribution in [1.82, 2.24) is 0 Å². The molecule has 0 aliphatic carbocycles. The summed E-state index contributed by atoms with van der Waals surface area (Å²) in [7, 11) is 0. The number of nitrogens with zero attached hydrogens (tertiary/aromatic N) is 2. The fraction of sp³-hybridized carbons (Fsp3) is 0.409. The number of benzene rings is 2. The van der Waals surface area contributed by atoms with Crippen molar-refractivity contribution in [2.45, 2.75) is 26.7 Å². The second-order valence-electron chi connectivity index (χ2n) is 6.98. The monoisotopic (exact) mass is 388 g/mol. The van der Waals surface area contributed by atoms with Crippen LogP contribution in [0.4, 0.5) is 10.5 Å². The van der Waals surface area contributed by atoms with E-state index in [-0.39, 0.29) is 0 Å². The van der Waals surface area contributed by atoms with E-state index in [4.69, 9.17) is 17.3 Å². The number of hydrogen-bond donors (Lipinski definition) is 1. The van der Waals surface area contributed by atoms with Crippen LogP contribution in [0.1, 0.15) is 25.8 Å². The van der Waals surface area contributed by atoms with Crippen molar-refractivity contribution in [3.8, 4) is 0 Å². The van der Waals surface area contributed by atoms with Gasteiger partial charge in [0, 0.05) is 30.1 Å². The number of carbonyl (C=O) groups excluding carboxylic acids is 1. The van der Waals surface area contributed by atoms with Gasteiger partial charge in [-0.2, -0.15) is 0 Å². The summed E-state index contributed by atoms with van der Waals surface area (Å²) in [6.07, 6.45) is 1.91. The third-order valence-electron chi connectivity index (χ3n) is 5.45. The summed E-state index contributed by atoms with van der Waals surface area (Å²) in [6.45, 7) is 9.34. The van der Waals surface area contributed by atoms with Crippen molar-refractivity contribution in [2.24, 2.45) is 5.73 Å². The molecular weight excluding hydrogens is 358 g/mol. The maximum absolute atomic E-state index is 11.9. The third kappa shape index (κ3) is 6.26. The van der Waals surface area contributed by atoms with Gasteiger partial charge in [0.05, 0.1) is 26.2 Å². The number of likely N-dealkylation sites (N-methyl/N-ethyl adjacent to an activating group) is 1. The van der Waals surface area contributed by atoms with Crippen LogP contribution in [0.25, 0.3) is 0 Å². The molecule has 0 bridgehead atoms. The lowest BCUT2D eigenvalue weighted by Gasteiger charge is -2.37. The molecule has 5 heteroatoms. The van der Waals surface area contributed by atoms with Gasteiger partial charge in [-0.15, -0.1) is 0 Å². The molecule has 2 rings (SSSR count). The summed E-state index contributed by atoms with van der Waals surface area (Å²) >= 11 is 6.11. The molecule has 2 aromatic carbocycles. The Balaban J connectivity index is 1.97. The van der Waals surface area contributed by atoms with E-state index in [0.717, 1.165) is 54.2 Å². The van der Waals surface area contributed by atoms with E-state index in [1.54, 1.807) is 4.90 Å². The first-order valence-electron chi connectivity index (χ1n) is 9.71. The summed E-state index contributed by atoms with van der Waals surface area (Å²) in [5.74, 6) is 0. The smallest absolute Gasteiger partial charge is 0.319 e. The average Bonchev–Trinajstić information content (AvgIpc) is 2.68. The van der Waals surface area contributed by atoms with Crippen molar-refractivity contribution in [3.63, 3.8) is 0 Å². The molecule has 2 N–H and O–H groups in total. The number of primary amides is 1. The van der Waals surface area contributed by atoms with Crippen molar-refractivity contribution in [1.29, 1.82) is 0 Å². The molecule has 146 valence electrons. The zero-order valence-corrected chi connectivity index (χ0v) is 17.2. The maximum atomic E-state index is 11.9. The van der Waals surface area contributed by atoms with Crippen LogP contribution in [0.2, 0.25) is 5.02 Å². The van der Waals surface area contributed by atoms with Crippen molar-refractivity contribution in [3.05, 3.63) is 65.2 Å². The fourth-order valence-electron chi connectivity index (χ4n) is 3.57. The summed E-state index contributed by atoms with van der Waals surface area (Å²) in [4.78, 5) is 13.5. The van der Waals surface area contributed by atoms with Gasteiger partial charge in [-0.1, -0.05) is 41.9 Å². The number of halogens is 1. The number of anilines is 1. The highest BCUT2D eigenvalue weighted by atomic mass is 35.5. The van der Waals surface area contributed by atoms with Crippen LogP contribution in [0.3, 0.4) is 0 Å². The molecule has 2 amide bonds. The standard InChI is InChI=1S/C22H30ClN3O/c1-3-26(4-2,17-14-19-10-8-11-20(23)18-19)16-9-15-25(22(24)27)21-12-6-5-7-13-21/h5-8,10-13,18H,3-4,9,14-17H2,1-2H3,(H-,24,27)/p+1. The first kappa shape index (κ1) is 21.3. The van der Waals surface area contributed by atoms with Gasteiger partial charge in [0.1, 0.15) is 0 Å². The van der Waals surface area contributed by atoms with Gasteiger partial charge >= 0.3 is 6.03 Å². The van der Waals surface area contributed by atoms with Crippen molar-refractivity contribution < 1.29 is 9.28 Å². The van der Waals surface area contributed by atoms with Crippen molar-refractivity contribution in [2.75, 3.05) is 37.6 Å². The molecule has 4 nitrogen and oxygen atoms in total. The van der Waals surface area contributed by atoms with Crippen molar-refractivity contribution >= 4 is 23.3 Å². The Morgan fingerprint density at radius 3 is 2.33 bits per heavy atom. The molecule has 0 saturated carbocycles. The summed E-state index contributed by atoms with van der Waals surface area (Å²) in [5.41, 5.74) is 7.73. The molecule has 0 aliphatic heterocycles. The van der Waals surface area contributed by atoms with Crippen LogP contribution in [-0.4, -0.2) is 43.2 Å². The minimum Gasteiger partial charge on any atom is -0.351 e. The number of rotatable bonds is 10. The molecule has 0 fully saturated rings. The molecular formula is C22H31ClN3O+. The lowest BCUT2D eigenvalue weighted by molar-refractivity contribution is -0.924. The Morgan fingerprint density at radius 1 is 1.04 bits per heavy atom. The summed E-state index contributed by atoms with van der Waals surface area (Å²) < 4.78 is 1.02. The number of amides is 2. The van der Waals surface area contributed by atoms with E-state index in [1.165, 1.54) is 5.56 Å². The number of nitrogens with two attached hydrogens (primary N) is 1. The summed E-state index contributed by atoms with van der Waals surface area (Å²) in [6, 6.07) is 17.3. The maximum Gasteiger partial charge on any atom is 0.319 e. The predicted octanol–water partition coefficient (Wildman–Crippen LogP) is 4.71. The van der Waals surface area contributed by atoms with E-state index in [1.807, 2.05) is 48.5 Å². The SMILES string of the molecule is CC[N+](CC)(CCCN(C(N)=O)c1ccccc1)CCc1cccc(Cl)c1. The Bertz CT molecular complexity index is 717. The Morgan fingerprint density at radius 2 is 1.74 bits per heavy atom. The molecule has 0 atom stereocenters. The van der Waals surface area contributed by atoms with Crippen LogP contribution >= 0.6 is 11.6 Å². The van der Waals surface area contributed by atoms with Gasteiger partial charge in [-0.25, -0.2) is 4.79 Å². The van der Waals surface area contributed by atoms with Gasteiger partial charge in [-0.3, -0.25) is 4.90 Å². The van der Waals surface area contributed by atoms with E-state index in [0.29, 0.717) is 6.54 Å². The third-order valence-corrected chi connectivity index (χ3v) is 5.69. The lowest BCUT2D eigenvalue weighted by Crippen LogP contribution is -2.50. The summed E-state index contributed by atoms with van der Waals surface area (Å²) in [5, 5.41) is 0.790. The normalized spacial score (nSPS) is 11.4. The highest BCUT2D eigenvalue weighted by Gasteiger charge is 2.23. The molecule has 0 saturated heterocycles. The largest absolute Gasteiger partial charge is 0.351 e. The zero-order valence-electron chi connectivity index (χ0n) is 16.4. The Hall–Kier alpha value is -2.04. The number of para-hydroxylation sites is 1. The lowest BCUT2D eigenvalue weighted by atomic mass is 10.1. The topological polar surface area (TPSA) is 46.3 Å². The highest BCUT2D eigenvalue weighted by molar-refractivity contribution is 6.30. The molecule has 2 aromatic rings. The molecule has 0 unspecified atom stereocenters. The first-order chi connectivity index (χ1) is 13.0. The van der Waals surface area contributed by atoms with Gasteiger partial charge in [-0.05, 0) is 43.7 Å². The quantitative estimate of drug-likeness (QED) is 0.588. The first-order valence-corrected chi connectivity index (χ1v) is 10.1. The Kier molecular flexibility index (Phi) is 8.14. The fourth-order valence-corrected chi connectivity index (χ4v) is 3.78. The molecule has 0 heterocycles. The molecule has 0 spiro atoms. The van der Waals surface area contributed by atoms with Crippen LogP contribution < -0.4 is 10.6 Å². The van der Waals surface area contributed by atoms with E-state index in [2.05, 4.69) is 19.9 Å². The molecule has 0 aromatic heterocycles. The minimum absolute atomic E-state index is 0.397. The van der Waals surface area contributed by atoms with Crippen LogP contribution in [0, 0.1) is 0 Å². The van der Waals surface area contributed by atoms with Gasteiger partial charge in [0.15, 0.2) is 0 Å². The molecule has 27 heavy (non-hydrogen) atoms. The van der Waals surface area contributed by atoms with Crippen LogP contribution in [-0.2, 0) is 6.42 Å². The number of carbonyl (C=O) groups is 1. The zero-order chi connectivity index (χ0) is 19.7. The van der Waals surface area contributed by atoms with Gasteiger partial charge in [0.2, 0.25) is 0 Å². The van der Waals surface area contributed by atoms with Gasteiger partial charge < -0.3 is 10.2 Å². The van der Waals surface area contributed by atoms with Crippen LogP contribution in [0.15, 0.2) is 54.6 Å². The number of hydrogen-bond acceptors (Lipinski definition) is 1. The number of quaternary nitrogens is 1. The van der Waals surface area contributed by atoms with E-state index >= 15 is 0 Å². The highest BCUT2D eigenvalue weighted by Crippen LogP contribution is 2.17. The van der Waals surface area contributed by atoms with E-state index < -0.39 is 6.03 Å². The second-order valence-corrected chi connectivity index (χ2v) is 7.42. The molecule has 0 radical (unpaired) electrons. The number of urea groups is 1. The van der Waals surface area contributed by atoms with E-state index in [9.17, 15) is 4.79 Å². The second kappa shape index (κ2) is 10.3. The Labute approximate surface area is 168 Å². The predicted molar refractivity (Wildman–Crippen MR) is 114 cm³/mol.